The number of hydrogen-bond acceptors (Lipinski definition) is 4. The Hall–Kier alpha value is -2.37. The Morgan fingerprint density at radius 2 is 2.10 bits per heavy atom. The van der Waals surface area contributed by atoms with E-state index in [0.29, 0.717) is 11.1 Å². The molecule has 0 aromatic carbocycles. The van der Waals surface area contributed by atoms with Gasteiger partial charge in [-0.3, -0.25) is 9.78 Å². The predicted octanol–water partition coefficient (Wildman–Crippen LogP) is 2.18. The van der Waals surface area contributed by atoms with Gasteiger partial charge in [0.25, 0.3) is 5.56 Å². The minimum absolute atomic E-state index is 0.334. The number of carbonyl (C=O) groups excluding carboxylic acids is 1. The van der Waals surface area contributed by atoms with E-state index < -0.39 is 11.7 Å². The monoisotopic (exact) mass is 275 g/mol. The van der Waals surface area contributed by atoms with Crippen molar-refractivity contribution in [2.24, 2.45) is 0 Å². The number of nitrogens with one attached hydrogen (secondary N) is 1. The maximum atomic E-state index is 12.3. The van der Waals surface area contributed by atoms with Gasteiger partial charge < -0.3 is 4.74 Å². The van der Waals surface area contributed by atoms with E-state index >= 15 is 0 Å². The van der Waals surface area contributed by atoms with E-state index in [1.54, 1.807) is 46.0 Å². The van der Waals surface area contributed by atoms with E-state index in [0.717, 1.165) is 10.1 Å². The van der Waals surface area contributed by atoms with E-state index in [9.17, 15) is 9.59 Å². The van der Waals surface area contributed by atoms with Crippen molar-refractivity contribution in [2.75, 3.05) is 5.43 Å². The summed E-state index contributed by atoms with van der Waals surface area (Å²) in [4.78, 5) is 28.0. The van der Waals surface area contributed by atoms with Crippen molar-refractivity contribution in [2.45, 2.75) is 33.3 Å². The smallest absolute Gasteiger partial charge is 0.427 e. The van der Waals surface area contributed by atoms with Crippen LogP contribution in [0.3, 0.4) is 0 Å². The van der Waals surface area contributed by atoms with Gasteiger partial charge in [-0.05, 0) is 45.2 Å². The van der Waals surface area contributed by atoms with Crippen molar-refractivity contribution in [1.82, 2.24) is 9.66 Å². The van der Waals surface area contributed by atoms with Crippen LogP contribution in [0.4, 0.5) is 4.79 Å². The topological polar surface area (TPSA) is 73.2 Å². The summed E-state index contributed by atoms with van der Waals surface area (Å²) in [5.41, 5.74) is 2.09. The molecule has 0 radical (unpaired) electrons. The molecule has 0 atom stereocenters. The Morgan fingerprint density at radius 1 is 1.40 bits per heavy atom. The second-order valence-corrected chi connectivity index (χ2v) is 5.50. The molecule has 106 valence electrons. The predicted molar refractivity (Wildman–Crippen MR) is 76.3 cm³/mol. The van der Waals surface area contributed by atoms with Gasteiger partial charge in [0.2, 0.25) is 0 Å². The molecule has 6 nitrogen and oxygen atoms in total. The lowest BCUT2D eigenvalue weighted by molar-refractivity contribution is 0.0611. The average molecular weight is 275 g/mol. The van der Waals surface area contributed by atoms with Crippen LogP contribution in [-0.4, -0.2) is 21.4 Å². The van der Waals surface area contributed by atoms with Gasteiger partial charge in [0.15, 0.2) is 0 Å². The Morgan fingerprint density at radius 3 is 2.75 bits per heavy atom. The van der Waals surface area contributed by atoms with Crippen LogP contribution >= 0.6 is 0 Å². The van der Waals surface area contributed by atoms with Crippen LogP contribution in [0.5, 0.6) is 0 Å². The maximum Gasteiger partial charge on any atom is 0.427 e. The van der Waals surface area contributed by atoms with Crippen LogP contribution in [0.25, 0.3) is 10.8 Å². The van der Waals surface area contributed by atoms with Crippen LogP contribution < -0.4 is 11.0 Å². The Kier molecular flexibility index (Phi) is 3.48. The minimum Gasteiger partial charge on any atom is -0.443 e. The third-order valence-electron chi connectivity index (χ3n) is 2.61. The zero-order chi connectivity index (χ0) is 14.9. The molecule has 2 rings (SSSR count). The molecule has 1 N–H and O–H groups in total. The number of ether oxygens (including phenoxy) is 1. The van der Waals surface area contributed by atoms with Crippen LogP contribution in [0, 0.1) is 6.92 Å². The van der Waals surface area contributed by atoms with E-state index in [1.807, 2.05) is 0 Å². The van der Waals surface area contributed by atoms with Crippen molar-refractivity contribution in [3.05, 3.63) is 40.6 Å². The molecule has 1 amide bonds. The molecule has 6 heteroatoms. The van der Waals surface area contributed by atoms with Crippen LogP contribution in [0.2, 0.25) is 0 Å². The Labute approximate surface area is 116 Å². The van der Waals surface area contributed by atoms with Gasteiger partial charge in [0, 0.05) is 18.1 Å². The van der Waals surface area contributed by atoms with Gasteiger partial charge >= 0.3 is 6.09 Å². The molecule has 0 unspecified atom stereocenters. The molecule has 0 bridgehead atoms. The molecule has 0 aliphatic carbocycles. The molecular weight excluding hydrogens is 258 g/mol. The van der Waals surface area contributed by atoms with Crippen molar-refractivity contribution >= 4 is 16.9 Å². The van der Waals surface area contributed by atoms with Crippen molar-refractivity contribution in [1.29, 1.82) is 0 Å². The summed E-state index contributed by atoms with van der Waals surface area (Å²) in [6.07, 6.45) is 2.42. The fourth-order valence-corrected chi connectivity index (χ4v) is 1.81. The number of nitrogens with zero attached hydrogens (tertiary/aromatic N) is 2. The molecular formula is C14H17N3O3. The van der Waals surface area contributed by atoms with E-state index in [4.69, 9.17) is 4.74 Å². The number of rotatable bonds is 1. The number of hydrogen-bond donors (Lipinski definition) is 1. The van der Waals surface area contributed by atoms with Gasteiger partial charge in [-0.25, -0.2) is 14.9 Å². The average Bonchev–Trinajstić information content (AvgIpc) is 2.32. The first-order valence-corrected chi connectivity index (χ1v) is 6.24. The second-order valence-electron chi connectivity index (χ2n) is 5.50. The lowest BCUT2D eigenvalue weighted by Crippen LogP contribution is -2.38. The van der Waals surface area contributed by atoms with E-state index in [1.165, 1.54) is 6.20 Å². The minimum atomic E-state index is -0.675. The van der Waals surface area contributed by atoms with Gasteiger partial charge in [-0.1, -0.05) is 0 Å². The number of pyridine rings is 2. The summed E-state index contributed by atoms with van der Waals surface area (Å²) in [6.45, 7) is 7.00. The maximum absolute atomic E-state index is 12.3. The summed E-state index contributed by atoms with van der Waals surface area (Å²) >= 11 is 0. The fourth-order valence-electron chi connectivity index (χ4n) is 1.81. The molecule has 0 aliphatic rings. The highest BCUT2D eigenvalue weighted by atomic mass is 16.6. The van der Waals surface area contributed by atoms with Crippen LogP contribution in [0.1, 0.15) is 26.5 Å². The van der Waals surface area contributed by atoms with Crippen LogP contribution in [-0.2, 0) is 4.74 Å². The summed E-state index contributed by atoms with van der Waals surface area (Å²) in [5.74, 6) is 0. The highest BCUT2D eigenvalue weighted by Crippen LogP contribution is 2.10. The molecule has 0 saturated heterocycles. The number of fused-ring (bicyclic) bond motifs is 1. The highest BCUT2D eigenvalue weighted by Gasteiger charge is 2.17. The normalized spacial score (nSPS) is 11.4. The van der Waals surface area contributed by atoms with E-state index in [-0.39, 0.29) is 5.56 Å². The summed E-state index contributed by atoms with van der Waals surface area (Å²) in [7, 11) is 0. The zero-order valence-electron chi connectivity index (χ0n) is 11.9. The molecule has 2 aromatic heterocycles. The van der Waals surface area contributed by atoms with Crippen LogP contribution in [0.15, 0.2) is 29.3 Å². The number of aromatic nitrogens is 2. The molecule has 20 heavy (non-hydrogen) atoms. The number of carbonyl (C=O) groups is 1. The first kappa shape index (κ1) is 14.0. The van der Waals surface area contributed by atoms with Gasteiger partial charge in [-0.15, -0.1) is 0 Å². The first-order valence-electron chi connectivity index (χ1n) is 6.24. The molecule has 2 aromatic rings. The SMILES string of the molecule is Cc1cc2ccncc2c(=O)n1NC(=O)OC(C)(C)C. The van der Waals surface area contributed by atoms with Crippen molar-refractivity contribution < 1.29 is 9.53 Å². The van der Waals surface area contributed by atoms with E-state index in [2.05, 4.69) is 10.4 Å². The lowest BCUT2D eigenvalue weighted by atomic mass is 10.2. The Balaban J connectivity index is 2.40. The third kappa shape index (κ3) is 2.96. The molecule has 0 fully saturated rings. The first-order chi connectivity index (χ1) is 9.28. The summed E-state index contributed by atoms with van der Waals surface area (Å²) in [5, 5.41) is 1.22. The molecule has 0 spiro atoms. The standard InChI is InChI=1S/C14H17N3O3/c1-9-7-10-5-6-15-8-11(10)12(18)17(9)16-13(19)20-14(2,3)4/h5-8H,1-4H3,(H,16,19). The third-order valence-corrected chi connectivity index (χ3v) is 2.61. The van der Waals surface area contributed by atoms with Crippen molar-refractivity contribution in [3.8, 4) is 0 Å². The summed E-state index contributed by atoms with van der Waals surface area (Å²) < 4.78 is 6.30. The fraction of sp³-hybridized carbons (Fsp3) is 0.357. The quantitative estimate of drug-likeness (QED) is 0.865. The van der Waals surface area contributed by atoms with Gasteiger partial charge in [0.1, 0.15) is 5.60 Å². The van der Waals surface area contributed by atoms with Gasteiger partial charge in [0.05, 0.1) is 5.39 Å². The number of amides is 1. The second kappa shape index (κ2) is 4.96. The largest absolute Gasteiger partial charge is 0.443 e. The van der Waals surface area contributed by atoms with Gasteiger partial charge in [-0.2, -0.15) is 0 Å². The lowest BCUT2D eigenvalue weighted by Gasteiger charge is -2.21. The molecule has 0 aliphatic heterocycles. The highest BCUT2D eigenvalue weighted by molar-refractivity contribution is 5.82. The number of aryl methyl sites for hydroxylation is 1. The zero-order valence-corrected chi connectivity index (χ0v) is 11.9. The molecule has 0 saturated carbocycles. The Bertz CT molecular complexity index is 714. The van der Waals surface area contributed by atoms with Crippen molar-refractivity contribution in [3.63, 3.8) is 0 Å². The molecule has 2 heterocycles. The summed E-state index contributed by atoms with van der Waals surface area (Å²) in [6, 6.07) is 3.55.